The van der Waals surface area contributed by atoms with E-state index in [0.29, 0.717) is 37.9 Å². The Hall–Kier alpha value is -2.14. The van der Waals surface area contributed by atoms with Crippen LogP contribution in [0.3, 0.4) is 0 Å². The van der Waals surface area contributed by atoms with Crippen LogP contribution in [0.1, 0.15) is 36.0 Å². The molecule has 136 valence electrons. The molecule has 5 rings (SSSR count). The first-order valence-electron chi connectivity index (χ1n) is 9.81. The highest BCUT2D eigenvalue weighted by Crippen LogP contribution is 2.45. The van der Waals surface area contributed by atoms with Crippen LogP contribution in [0, 0.1) is 11.8 Å². The lowest BCUT2D eigenvalue weighted by Crippen LogP contribution is -2.40. The van der Waals surface area contributed by atoms with Crippen molar-refractivity contribution in [3.8, 4) is 0 Å². The first-order valence-corrected chi connectivity index (χ1v) is 9.81. The van der Waals surface area contributed by atoms with E-state index in [1.54, 1.807) is 6.20 Å². The molecule has 1 saturated heterocycles. The highest BCUT2D eigenvalue weighted by Gasteiger charge is 2.39. The second-order valence-corrected chi connectivity index (χ2v) is 7.90. The molecule has 1 N–H and O–H groups in total. The van der Waals surface area contributed by atoms with E-state index in [-0.39, 0.29) is 5.91 Å². The van der Waals surface area contributed by atoms with Crippen molar-refractivity contribution in [1.29, 1.82) is 0 Å². The Balaban J connectivity index is 1.47. The van der Waals surface area contributed by atoms with E-state index in [9.17, 15) is 4.79 Å². The molecule has 2 aromatic rings. The van der Waals surface area contributed by atoms with Gasteiger partial charge >= 0.3 is 0 Å². The number of carbonyl (C=O) groups excluding carboxylic acids is 1. The van der Waals surface area contributed by atoms with Crippen LogP contribution in [0.15, 0.2) is 30.5 Å². The number of amides is 1. The molecule has 2 aliphatic carbocycles. The molecule has 26 heavy (non-hydrogen) atoms. The number of nitrogens with zero attached hydrogens (tertiary/aromatic N) is 2. The third-order valence-electron chi connectivity index (χ3n) is 6.38. The maximum absolute atomic E-state index is 13.0. The van der Waals surface area contributed by atoms with E-state index in [4.69, 9.17) is 4.74 Å². The summed E-state index contributed by atoms with van der Waals surface area (Å²) < 4.78 is 5.37. The van der Waals surface area contributed by atoms with E-state index >= 15 is 0 Å². The van der Waals surface area contributed by atoms with Crippen molar-refractivity contribution < 1.29 is 9.53 Å². The minimum Gasteiger partial charge on any atom is -0.378 e. The zero-order valence-corrected chi connectivity index (χ0v) is 15.0. The van der Waals surface area contributed by atoms with Gasteiger partial charge in [-0.3, -0.25) is 4.79 Å². The van der Waals surface area contributed by atoms with Gasteiger partial charge in [-0.25, -0.2) is 4.98 Å². The van der Waals surface area contributed by atoms with Gasteiger partial charge < -0.3 is 15.0 Å². The highest BCUT2D eigenvalue weighted by atomic mass is 16.5. The van der Waals surface area contributed by atoms with E-state index in [2.05, 4.69) is 16.4 Å². The molecule has 0 unspecified atom stereocenters. The van der Waals surface area contributed by atoms with Gasteiger partial charge in [-0.15, -0.1) is 0 Å². The van der Waals surface area contributed by atoms with Crippen LogP contribution in [0.4, 0.5) is 5.82 Å². The van der Waals surface area contributed by atoms with E-state index < -0.39 is 0 Å². The summed E-state index contributed by atoms with van der Waals surface area (Å²) in [7, 11) is 0. The predicted molar refractivity (Wildman–Crippen MR) is 101 cm³/mol. The van der Waals surface area contributed by atoms with Crippen molar-refractivity contribution in [3.05, 3.63) is 36.0 Å². The van der Waals surface area contributed by atoms with E-state index in [0.717, 1.165) is 28.4 Å². The monoisotopic (exact) mass is 351 g/mol. The van der Waals surface area contributed by atoms with Crippen LogP contribution >= 0.6 is 0 Å². The lowest BCUT2D eigenvalue weighted by atomic mass is 9.95. The summed E-state index contributed by atoms with van der Waals surface area (Å²) >= 11 is 0. The first-order chi connectivity index (χ1) is 12.8. The largest absolute Gasteiger partial charge is 0.378 e. The summed E-state index contributed by atoms with van der Waals surface area (Å²) in [6, 6.07) is 8.68. The van der Waals surface area contributed by atoms with Crippen molar-refractivity contribution in [2.24, 2.45) is 11.8 Å². The second kappa shape index (κ2) is 6.54. The molecule has 5 heteroatoms. The van der Waals surface area contributed by atoms with Gasteiger partial charge in [0.25, 0.3) is 5.91 Å². The summed E-state index contributed by atoms with van der Waals surface area (Å²) in [4.78, 5) is 19.5. The number of fused-ring (bicyclic) bond motifs is 3. The van der Waals surface area contributed by atoms with Gasteiger partial charge in [-0.1, -0.05) is 30.7 Å². The van der Waals surface area contributed by atoms with Crippen molar-refractivity contribution in [1.82, 2.24) is 9.88 Å². The smallest absolute Gasteiger partial charge is 0.256 e. The van der Waals surface area contributed by atoms with E-state index in [1.165, 1.54) is 25.7 Å². The minimum absolute atomic E-state index is 0.0588. The molecule has 3 aliphatic rings. The van der Waals surface area contributed by atoms with Gasteiger partial charge in [0.2, 0.25) is 0 Å². The highest BCUT2D eigenvalue weighted by molar-refractivity contribution is 6.09. The van der Waals surface area contributed by atoms with Crippen LogP contribution in [0.5, 0.6) is 0 Å². The van der Waals surface area contributed by atoms with Gasteiger partial charge in [0.15, 0.2) is 0 Å². The number of nitrogens with one attached hydrogen (secondary N) is 1. The Labute approximate surface area is 153 Å². The molecule has 5 nitrogen and oxygen atoms in total. The molecular weight excluding hydrogens is 326 g/mol. The van der Waals surface area contributed by atoms with Crippen LogP contribution in [-0.2, 0) is 4.74 Å². The number of ether oxygens (including phenoxy) is 1. The number of rotatable bonds is 3. The number of anilines is 1. The van der Waals surface area contributed by atoms with Crippen molar-refractivity contribution in [2.75, 3.05) is 31.6 Å². The Morgan fingerprint density at radius 1 is 1.12 bits per heavy atom. The normalized spacial score (nSPS) is 27.8. The fourth-order valence-electron chi connectivity index (χ4n) is 5.01. The molecule has 2 saturated carbocycles. The second-order valence-electron chi connectivity index (χ2n) is 7.90. The fraction of sp³-hybridized carbons (Fsp3) is 0.524. The first kappa shape index (κ1) is 16.1. The molecule has 0 radical (unpaired) electrons. The predicted octanol–water partition coefficient (Wildman–Crippen LogP) is 3.31. The van der Waals surface area contributed by atoms with Gasteiger partial charge in [-0.2, -0.15) is 0 Å². The van der Waals surface area contributed by atoms with Crippen LogP contribution in [-0.4, -0.2) is 48.1 Å². The average molecular weight is 351 g/mol. The fourth-order valence-corrected chi connectivity index (χ4v) is 5.01. The molecule has 1 aromatic heterocycles. The summed E-state index contributed by atoms with van der Waals surface area (Å²) in [5.41, 5.74) is 0.695. The lowest BCUT2D eigenvalue weighted by Gasteiger charge is -2.28. The quantitative estimate of drug-likeness (QED) is 0.922. The third kappa shape index (κ3) is 2.75. The lowest BCUT2D eigenvalue weighted by molar-refractivity contribution is 0.0304. The SMILES string of the molecule is O=C(c1cnc(N[C@H]2C[C@@H]3CC[C@@H]2C3)c2ccccc12)N1CCOCC1. The molecule has 2 heterocycles. The number of pyridine rings is 1. The van der Waals surface area contributed by atoms with Crippen LogP contribution < -0.4 is 5.32 Å². The number of morpholine rings is 1. The summed E-state index contributed by atoms with van der Waals surface area (Å²) in [6.45, 7) is 2.53. The number of hydrogen-bond acceptors (Lipinski definition) is 4. The number of hydrogen-bond donors (Lipinski definition) is 1. The van der Waals surface area contributed by atoms with Crippen LogP contribution in [0.2, 0.25) is 0 Å². The Bertz CT molecular complexity index is 831. The molecule has 3 atom stereocenters. The standard InChI is InChI=1S/C21H25N3O2/c25-21(24-7-9-26-10-8-24)18-13-22-20(17-4-2-1-3-16(17)18)23-19-12-14-5-6-15(19)11-14/h1-4,13-15,19H,5-12H2,(H,22,23)/t14-,15-,19+/m1/s1. The zero-order chi connectivity index (χ0) is 17.5. The van der Waals surface area contributed by atoms with Crippen LogP contribution in [0.25, 0.3) is 10.8 Å². The molecule has 1 aromatic carbocycles. The molecule has 3 fully saturated rings. The minimum atomic E-state index is 0.0588. The van der Waals surface area contributed by atoms with E-state index in [1.807, 2.05) is 23.1 Å². The summed E-state index contributed by atoms with van der Waals surface area (Å²) in [5.74, 6) is 2.67. The Morgan fingerprint density at radius 3 is 2.65 bits per heavy atom. The summed E-state index contributed by atoms with van der Waals surface area (Å²) in [5, 5.41) is 5.75. The van der Waals surface area contributed by atoms with Crippen molar-refractivity contribution >= 4 is 22.5 Å². The Kier molecular flexibility index (Phi) is 4.04. The summed E-state index contributed by atoms with van der Waals surface area (Å²) in [6.07, 6.45) is 7.12. The number of carbonyl (C=O) groups is 1. The Morgan fingerprint density at radius 2 is 1.92 bits per heavy atom. The number of benzene rings is 1. The number of aromatic nitrogens is 1. The molecule has 2 bridgehead atoms. The average Bonchev–Trinajstić information content (AvgIpc) is 3.32. The van der Waals surface area contributed by atoms with Gasteiger partial charge in [0, 0.05) is 30.7 Å². The van der Waals surface area contributed by atoms with Gasteiger partial charge in [0.1, 0.15) is 5.82 Å². The van der Waals surface area contributed by atoms with Crippen molar-refractivity contribution in [2.45, 2.75) is 31.7 Å². The maximum atomic E-state index is 13.0. The maximum Gasteiger partial charge on any atom is 0.256 e. The van der Waals surface area contributed by atoms with Gasteiger partial charge in [0.05, 0.1) is 18.8 Å². The molecule has 1 amide bonds. The van der Waals surface area contributed by atoms with Gasteiger partial charge in [-0.05, 0) is 36.5 Å². The molecule has 1 aliphatic heterocycles. The molecule has 0 spiro atoms. The third-order valence-corrected chi connectivity index (χ3v) is 6.38. The van der Waals surface area contributed by atoms with Crippen molar-refractivity contribution in [3.63, 3.8) is 0 Å². The molecular formula is C21H25N3O2. The topological polar surface area (TPSA) is 54.5 Å². The zero-order valence-electron chi connectivity index (χ0n) is 15.0.